The molecule has 6 heteroatoms. The van der Waals surface area contributed by atoms with Crippen LogP contribution in [0, 0.1) is 6.92 Å². The van der Waals surface area contributed by atoms with E-state index < -0.39 is 15.9 Å². The topological polar surface area (TPSA) is 75.6 Å². The van der Waals surface area contributed by atoms with E-state index in [9.17, 15) is 13.5 Å². The third-order valence-corrected chi connectivity index (χ3v) is 4.66. The van der Waals surface area contributed by atoms with Gasteiger partial charge in [0.2, 0.25) is 0 Å². The number of sulfone groups is 1. The number of nitrogens with one attached hydrogen (secondary N) is 1. The number of aryl methyl sites for hydroxylation is 1. The number of methoxy groups -OCH3 is 1. The van der Waals surface area contributed by atoms with Gasteiger partial charge in [0.05, 0.1) is 23.4 Å². The minimum atomic E-state index is -3.45. The van der Waals surface area contributed by atoms with Gasteiger partial charge in [0, 0.05) is 20.2 Å². The van der Waals surface area contributed by atoms with Gasteiger partial charge in [-0.05, 0) is 18.6 Å². The number of benzene rings is 1. The average Bonchev–Trinajstić information content (AvgIpc) is 2.34. The summed E-state index contributed by atoms with van der Waals surface area (Å²) in [4.78, 5) is 0.283. The van der Waals surface area contributed by atoms with E-state index in [0.29, 0.717) is 18.7 Å². The van der Waals surface area contributed by atoms with Crippen LogP contribution in [-0.4, -0.2) is 52.2 Å². The first-order valence-electron chi connectivity index (χ1n) is 6.13. The Morgan fingerprint density at radius 1 is 1.37 bits per heavy atom. The predicted octanol–water partition coefficient (Wildman–Crippen LogP) is 0.366. The van der Waals surface area contributed by atoms with Crippen LogP contribution >= 0.6 is 0 Å². The van der Waals surface area contributed by atoms with E-state index in [2.05, 4.69) is 5.32 Å². The maximum atomic E-state index is 12.1. The lowest BCUT2D eigenvalue weighted by Crippen LogP contribution is -2.34. The Hall–Kier alpha value is -0.950. The third kappa shape index (κ3) is 5.28. The number of aliphatic hydroxyl groups is 1. The smallest absolute Gasteiger partial charge is 0.181 e. The molecule has 0 amide bonds. The molecule has 0 spiro atoms. The summed E-state index contributed by atoms with van der Waals surface area (Å²) in [7, 11) is -1.87. The standard InChI is InChI=1S/C13H21NO4S/c1-11-5-3-4-6-13(11)19(16,17)10-12(15)9-14-7-8-18-2/h3-6,12,14-15H,7-10H2,1-2H3. The molecule has 108 valence electrons. The molecule has 0 radical (unpaired) electrons. The summed E-state index contributed by atoms with van der Waals surface area (Å²) in [6.45, 7) is 3.08. The Morgan fingerprint density at radius 2 is 2.05 bits per heavy atom. The SMILES string of the molecule is COCCNCC(O)CS(=O)(=O)c1ccccc1C. The molecule has 0 heterocycles. The lowest BCUT2D eigenvalue weighted by Gasteiger charge is -2.13. The fourth-order valence-electron chi connectivity index (χ4n) is 1.75. The highest BCUT2D eigenvalue weighted by atomic mass is 32.2. The first-order chi connectivity index (χ1) is 8.97. The van der Waals surface area contributed by atoms with Crippen LogP contribution in [0.15, 0.2) is 29.2 Å². The quantitative estimate of drug-likeness (QED) is 0.676. The number of hydrogen-bond acceptors (Lipinski definition) is 5. The third-order valence-electron chi connectivity index (χ3n) is 2.70. The van der Waals surface area contributed by atoms with E-state index >= 15 is 0 Å². The minimum absolute atomic E-state index is 0.231. The van der Waals surface area contributed by atoms with E-state index in [1.54, 1.807) is 38.3 Å². The second kappa shape index (κ2) is 7.59. The molecule has 1 unspecified atom stereocenters. The Kier molecular flexibility index (Phi) is 6.44. The molecule has 0 bridgehead atoms. The molecule has 1 aromatic carbocycles. The van der Waals surface area contributed by atoms with Crippen molar-refractivity contribution in [2.75, 3.05) is 32.6 Å². The molecule has 0 fully saturated rings. The highest BCUT2D eigenvalue weighted by molar-refractivity contribution is 7.91. The Bertz CT molecular complexity index is 487. The van der Waals surface area contributed by atoms with Crippen LogP contribution in [0.1, 0.15) is 5.56 Å². The van der Waals surface area contributed by atoms with Crippen LogP contribution in [0.4, 0.5) is 0 Å². The molecule has 0 aromatic heterocycles. The Labute approximate surface area is 114 Å². The molecule has 1 atom stereocenters. The summed E-state index contributed by atoms with van der Waals surface area (Å²) >= 11 is 0. The van der Waals surface area contributed by atoms with Gasteiger partial charge >= 0.3 is 0 Å². The first-order valence-corrected chi connectivity index (χ1v) is 7.78. The van der Waals surface area contributed by atoms with Crippen molar-refractivity contribution in [2.45, 2.75) is 17.9 Å². The van der Waals surface area contributed by atoms with Crippen LogP contribution in [-0.2, 0) is 14.6 Å². The van der Waals surface area contributed by atoms with Crippen LogP contribution < -0.4 is 5.32 Å². The van der Waals surface area contributed by atoms with Crippen molar-refractivity contribution in [3.05, 3.63) is 29.8 Å². The number of hydrogen-bond donors (Lipinski definition) is 2. The van der Waals surface area contributed by atoms with Gasteiger partial charge in [-0.1, -0.05) is 18.2 Å². The molecule has 0 saturated heterocycles. The lowest BCUT2D eigenvalue weighted by molar-refractivity contribution is 0.174. The fraction of sp³-hybridized carbons (Fsp3) is 0.538. The van der Waals surface area contributed by atoms with Crippen molar-refractivity contribution in [3.8, 4) is 0 Å². The lowest BCUT2D eigenvalue weighted by atomic mass is 10.2. The highest BCUT2D eigenvalue weighted by Gasteiger charge is 2.20. The molecular formula is C13H21NO4S. The molecule has 0 aliphatic carbocycles. The Balaban J connectivity index is 2.58. The zero-order valence-electron chi connectivity index (χ0n) is 11.3. The molecule has 19 heavy (non-hydrogen) atoms. The normalized spacial score (nSPS) is 13.4. The van der Waals surface area contributed by atoms with Crippen molar-refractivity contribution >= 4 is 9.84 Å². The molecule has 0 aliphatic heterocycles. The largest absolute Gasteiger partial charge is 0.391 e. The molecule has 5 nitrogen and oxygen atoms in total. The van der Waals surface area contributed by atoms with E-state index in [0.717, 1.165) is 0 Å². The molecule has 1 rings (SSSR count). The summed E-state index contributed by atoms with van der Waals surface area (Å²) in [6, 6.07) is 6.78. The molecule has 0 aliphatic rings. The van der Waals surface area contributed by atoms with Gasteiger partial charge in [-0.15, -0.1) is 0 Å². The summed E-state index contributed by atoms with van der Waals surface area (Å²) in [5, 5.41) is 12.7. The first kappa shape index (κ1) is 16.1. The summed E-state index contributed by atoms with van der Waals surface area (Å²) in [5.74, 6) is -0.280. The zero-order chi connectivity index (χ0) is 14.3. The van der Waals surface area contributed by atoms with Crippen molar-refractivity contribution in [1.82, 2.24) is 5.32 Å². The van der Waals surface area contributed by atoms with Gasteiger partial charge in [0.25, 0.3) is 0 Å². The molecule has 1 aromatic rings. The molecule has 0 saturated carbocycles. The van der Waals surface area contributed by atoms with Gasteiger partial charge in [0.15, 0.2) is 9.84 Å². The average molecular weight is 287 g/mol. The second-order valence-electron chi connectivity index (χ2n) is 4.40. The Morgan fingerprint density at radius 3 is 2.68 bits per heavy atom. The van der Waals surface area contributed by atoms with Crippen LogP contribution in [0.5, 0.6) is 0 Å². The van der Waals surface area contributed by atoms with Crippen molar-refractivity contribution in [3.63, 3.8) is 0 Å². The summed E-state index contributed by atoms with van der Waals surface area (Å²) in [6.07, 6.45) is -0.929. The van der Waals surface area contributed by atoms with Crippen LogP contribution in [0.25, 0.3) is 0 Å². The van der Waals surface area contributed by atoms with Gasteiger partial charge in [0.1, 0.15) is 0 Å². The second-order valence-corrected chi connectivity index (χ2v) is 6.40. The van der Waals surface area contributed by atoms with Crippen LogP contribution in [0.3, 0.4) is 0 Å². The van der Waals surface area contributed by atoms with Gasteiger partial charge in [-0.3, -0.25) is 0 Å². The number of ether oxygens (including phenoxy) is 1. The maximum absolute atomic E-state index is 12.1. The summed E-state index contributed by atoms with van der Waals surface area (Å²) < 4.78 is 29.1. The van der Waals surface area contributed by atoms with Gasteiger partial charge < -0.3 is 15.2 Å². The summed E-state index contributed by atoms with van der Waals surface area (Å²) in [5.41, 5.74) is 0.696. The van der Waals surface area contributed by atoms with Gasteiger partial charge in [-0.25, -0.2) is 8.42 Å². The number of rotatable bonds is 8. The zero-order valence-corrected chi connectivity index (χ0v) is 12.1. The van der Waals surface area contributed by atoms with Crippen molar-refractivity contribution in [1.29, 1.82) is 0 Å². The fourth-order valence-corrected chi connectivity index (χ4v) is 3.40. The molecular weight excluding hydrogens is 266 g/mol. The molecule has 2 N–H and O–H groups in total. The minimum Gasteiger partial charge on any atom is -0.391 e. The predicted molar refractivity (Wildman–Crippen MR) is 74.0 cm³/mol. The van der Waals surface area contributed by atoms with Crippen LogP contribution in [0.2, 0.25) is 0 Å². The van der Waals surface area contributed by atoms with Gasteiger partial charge in [-0.2, -0.15) is 0 Å². The van der Waals surface area contributed by atoms with Crippen molar-refractivity contribution in [2.24, 2.45) is 0 Å². The van der Waals surface area contributed by atoms with Crippen molar-refractivity contribution < 1.29 is 18.3 Å². The van der Waals surface area contributed by atoms with E-state index in [1.807, 2.05) is 0 Å². The number of aliphatic hydroxyl groups excluding tert-OH is 1. The van der Waals surface area contributed by atoms with E-state index in [1.165, 1.54) is 0 Å². The monoisotopic (exact) mass is 287 g/mol. The van der Waals surface area contributed by atoms with E-state index in [-0.39, 0.29) is 17.2 Å². The maximum Gasteiger partial charge on any atom is 0.181 e. The van der Waals surface area contributed by atoms with E-state index in [4.69, 9.17) is 4.74 Å². The highest BCUT2D eigenvalue weighted by Crippen LogP contribution is 2.16.